The van der Waals surface area contributed by atoms with E-state index < -0.39 is 0 Å². The fourth-order valence-electron chi connectivity index (χ4n) is 0.283. The molecule has 11 heavy (non-hydrogen) atoms. The molecular formula is C8H15O3. The summed E-state index contributed by atoms with van der Waals surface area (Å²) in [4.78, 5) is 19.7. The lowest BCUT2D eigenvalue weighted by Gasteiger charge is -2.05. The van der Waals surface area contributed by atoms with E-state index >= 15 is 0 Å². The van der Waals surface area contributed by atoms with Gasteiger partial charge in [0.25, 0.3) is 0 Å². The molecule has 0 aliphatic rings. The Hall–Kier alpha value is -0.570. The topological polar surface area (TPSA) is 35.5 Å². The quantitative estimate of drug-likeness (QED) is 0.464. The third kappa shape index (κ3) is 5.85. The number of rotatable bonds is 4. The lowest BCUT2D eigenvalue weighted by Crippen LogP contribution is -2.12. The molecule has 0 aliphatic carbocycles. The average molecular weight is 159 g/mol. The van der Waals surface area contributed by atoms with E-state index in [-0.39, 0.29) is 17.8 Å². The maximum atomic E-state index is 10.8. The van der Waals surface area contributed by atoms with Crippen LogP contribution in [0.5, 0.6) is 0 Å². The van der Waals surface area contributed by atoms with Crippen LogP contribution in [-0.4, -0.2) is 5.97 Å². The molecule has 0 atom stereocenters. The average Bonchev–Trinajstić information content (AvgIpc) is 1.86. The molecule has 0 aliphatic heterocycles. The molecule has 0 saturated carbocycles. The van der Waals surface area contributed by atoms with Gasteiger partial charge in [0, 0.05) is 0 Å². The Kier molecular flexibility index (Phi) is 4.86. The highest BCUT2D eigenvalue weighted by Gasteiger charge is 2.09. The second-order valence-electron chi connectivity index (χ2n) is 3.03. The smallest absolute Gasteiger partial charge is 0.298 e. The summed E-state index contributed by atoms with van der Waals surface area (Å²) >= 11 is 0. The van der Waals surface area contributed by atoms with E-state index in [2.05, 4.69) is 9.78 Å². The highest BCUT2D eigenvalue weighted by Crippen LogP contribution is 2.02. The molecule has 0 spiro atoms. The van der Waals surface area contributed by atoms with Crippen LogP contribution in [0.4, 0.5) is 0 Å². The summed E-state index contributed by atoms with van der Waals surface area (Å²) in [5.41, 5.74) is 0. The second kappa shape index (κ2) is 5.13. The van der Waals surface area contributed by atoms with Crippen molar-refractivity contribution in [3.63, 3.8) is 0 Å². The molecule has 65 valence electrons. The molecule has 0 aromatic heterocycles. The van der Waals surface area contributed by atoms with Gasteiger partial charge in [-0.05, 0) is 5.92 Å². The number of carbonyl (C=O) groups excluding carboxylic acids is 1. The van der Waals surface area contributed by atoms with Crippen LogP contribution in [-0.2, 0) is 14.6 Å². The van der Waals surface area contributed by atoms with Gasteiger partial charge in [0.05, 0.1) is 5.92 Å². The monoisotopic (exact) mass is 159 g/mol. The molecule has 0 unspecified atom stereocenters. The van der Waals surface area contributed by atoms with Crippen LogP contribution >= 0.6 is 0 Å². The molecule has 3 nitrogen and oxygen atoms in total. The first-order valence-corrected chi connectivity index (χ1v) is 3.74. The van der Waals surface area contributed by atoms with E-state index in [4.69, 9.17) is 0 Å². The van der Waals surface area contributed by atoms with Gasteiger partial charge in [-0.2, -0.15) is 4.89 Å². The van der Waals surface area contributed by atoms with Crippen molar-refractivity contribution in [1.82, 2.24) is 0 Å². The van der Waals surface area contributed by atoms with Gasteiger partial charge >= 0.3 is 5.97 Å². The van der Waals surface area contributed by atoms with Gasteiger partial charge in [-0.15, -0.1) is 0 Å². The van der Waals surface area contributed by atoms with Gasteiger partial charge in [0.2, 0.25) is 0 Å². The first kappa shape index (κ1) is 10.4. The zero-order chi connectivity index (χ0) is 8.85. The molecule has 0 aromatic rings. The minimum atomic E-state index is -0.345. The van der Waals surface area contributed by atoms with Crippen molar-refractivity contribution in [2.24, 2.45) is 11.8 Å². The van der Waals surface area contributed by atoms with E-state index in [0.717, 1.165) is 0 Å². The van der Waals surface area contributed by atoms with Crippen molar-refractivity contribution >= 4 is 5.97 Å². The third-order valence-electron chi connectivity index (χ3n) is 0.929. The lowest BCUT2D eigenvalue weighted by molar-refractivity contribution is -0.258. The van der Waals surface area contributed by atoms with Crippen LogP contribution in [0.2, 0.25) is 0 Å². The van der Waals surface area contributed by atoms with Crippen LogP contribution in [0.15, 0.2) is 0 Å². The van der Waals surface area contributed by atoms with Gasteiger partial charge in [-0.3, -0.25) is 4.89 Å². The molecule has 1 radical (unpaired) electrons. The summed E-state index contributed by atoms with van der Waals surface area (Å²) in [6.07, 6.45) is 0. The van der Waals surface area contributed by atoms with Crippen LogP contribution in [0, 0.1) is 18.4 Å². The molecule has 0 amide bonds. The first-order valence-electron chi connectivity index (χ1n) is 3.74. The fraction of sp³-hybridized carbons (Fsp3) is 0.750. The van der Waals surface area contributed by atoms with Crippen molar-refractivity contribution in [2.75, 3.05) is 0 Å². The lowest BCUT2D eigenvalue weighted by atomic mass is 10.2. The van der Waals surface area contributed by atoms with Crippen molar-refractivity contribution in [3.05, 3.63) is 6.61 Å². The fourth-order valence-corrected chi connectivity index (χ4v) is 0.283. The Morgan fingerprint density at radius 2 is 1.82 bits per heavy atom. The van der Waals surface area contributed by atoms with Crippen LogP contribution < -0.4 is 0 Å². The van der Waals surface area contributed by atoms with E-state index in [1.165, 1.54) is 6.61 Å². The van der Waals surface area contributed by atoms with Crippen LogP contribution in [0.3, 0.4) is 0 Å². The second-order valence-corrected chi connectivity index (χ2v) is 3.03. The molecule has 3 heteroatoms. The van der Waals surface area contributed by atoms with Gasteiger partial charge in [0.1, 0.15) is 6.61 Å². The van der Waals surface area contributed by atoms with E-state index in [1.54, 1.807) is 13.8 Å². The maximum Gasteiger partial charge on any atom is 0.344 e. The predicted molar refractivity (Wildman–Crippen MR) is 41.2 cm³/mol. The van der Waals surface area contributed by atoms with Crippen LogP contribution in [0.1, 0.15) is 27.7 Å². The summed E-state index contributed by atoms with van der Waals surface area (Å²) in [6, 6.07) is 0. The summed E-state index contributed by atoms with van der Waals surface area (Å²) < 4.78 is 0. The van der Waals surface area contributed by atoms with Crippen LogP contribution in [0.25, 0.3) is 0 Å². The predicted octanol–water partition coefficient (Wildman–Crippen LogP) is 1.93. The molecule has 0 saturated heterocycles. The van der Waals surface area contributed by atoms with Crippen molar-refractivity contribution in [3.8, 4) is 0 Å². The SMILES string of the molecule is CC(C)[CH]OOC(=O)C(C)C. The zero-order valence-corrected chi connectivity index (χ0v) is 7.46. The molecule has 0 bridgehead atoms. The Labute approximate surface area is 67.6 Å². The third-order valence-corrected chi connectivity index (χ3v) is 0.929. The van der Waals surface area contributed by atoms with E-state index in [9.17, 15) is 4.79 Å². The summed E-state index contributed by atoms with van der Waals surface area (Å²) in [6.45, 7) is 8.84. The molecule has 0 N–H and O–H groups in total. The number of carbonyl (C=O) groups is 1. The van der Waals surface area contributed by atoms with Gasteiger partial charge in [0.15, 0.2) is 0 Å². The first-order chi connectivity index (χ1) is 5.04. The molecule has 0 fully saturated rings. The molecule has 0 heterocycles. The highest BCUT2D eigenvalue weighted by atomic mass is 17.2. The minimum absolute atomic E-state index is 0.143. The summed E-state index contributed by atoms with van der Waals surface area (Å²) in [7, 11) is 0. The van der Waals surface area contributed by atoms with Gasteiger partial charge < -0.3 is 0 Å². The van der Waals surface area contributed by atoms with E-state index in [0.29, 0.717) is 0 Å². The highest BCUT2D eigenvalue weighted by molar-refractivity contribution is 5.70. The zero-order valence-electron chi connectivity index (χ0n) is 7.46. The number of hydrogen-bond donors (Lipinski definition) is 0. The van der Waals surface area contributed by atoms with E-state index in [1.807, 2.05) is 13.8 Å². The Balaban J connectivity index is 3.32. The normalized spacial score (nSPS) is 10.7. The van der Waals surface area contributed by atoms with Crippen molar-refractivity contribution < 1.29 is 14.6 Å². The Bertz CT molecular complexity index is 119. The Morgan fingerprint density at radius 1 is 1.27 bits per heavy atom. The minimum Gasteiger partial charge on any atom is -0.298 e. The molecular weight excluding hydrogens is 144 g/mol. The Morgan fingerprint density at radius 3 is 2.18 bits per heavy atom. The van der Waals surface area contributed by atoms with Crippen molar-refractivity contribution in [1.29, 1.82) is 0 Å². The standard InChI is InChI=1S/C8H15O3/c1-6(2)5-10-11-8(9)7(3)4/h5-7H,1-4H3. The molecule has 0 aromatic carbocycles. The molecule has 0 rings (SSSR count). The number of hydrogen-bond acceptors (Lipinski definition) is 3. The van der Waals surface area contributed by atoms with Crippen molar-refractivity contribution in [2.45, 2.75) is 27.7 Å². The summed E-state index contributed by atoms with van der Waals surface area (Å²) in [5, 5.41) is 0. The largest absolute Gasteiger partial charge is 0.344 e. The van der Waals surface area contributed by atoms with Gasteiger partial charge in [-0.25, -0.2) is 4.79 Å². The summed E-state index contributed by atoms with van der Waals surface area (Å²) in [5.74, 6) is -0.229. The van der Waals surface area contributed by atoms with Gasteiger partial charge in [-0.1, -0.05) is 27.7 Å². The maximum absolute atomic E-state index is 10.8.